The molecule has 0 aromatic heterocycles. The number of hydrogen-bond donors (Lipinski definition) is 4. The van der Waals surface area contributed by atoms with Gasteiger partial charge in [0.2, 0.25) is 5.91 Å². The van der Waals surface area contributed by atoms with Crippen molar-refractivity contribution in [1.82, 2.24) is 5.32 Å². The molecule has 4 rings (SSSR count). The summed E-state index contributed by atoms with van der Waals surface area (Å²) in [5, 5.41) is 17.0. The first-order valence-electron chi connectivity index (χ1n) is 12.8. The molecule has 0 heterocycles. The monoisotopic (exact) mass is 677 g/mol. The number of thioether (sulfide) groups is 1. The highest BCUT2D eigenvalue weighted by atomic mass is 79.9. The van der Waals surface area contributed by atoms with E-state index in [1.54, 1.807) is 67.6 Å². The van der Waals surface area contributed by atoms with Gasteiger partial charge in [0.15, 0.2) is 0 Å². The minimum absolute atomic E-state index is 0.0592. The Morgan fingerprint density at radius 1 is 0.860 bits per heavy atom. The normalized spacial score (nSPS) is 11.7. The first kappa shape index (κ1) is 31.6. The molecule has 0 aliphatic heterocycles. The largest absolute Gasteiger partial charge is 0.478 e. The summed E-state index contributed by atoms with van der Waals surface area (Å²) in [5.41, 5.74) is 1.89. The van der Waals surface area contributed by atoms with Crippen LogP contribution in [0.25, 0.3) is 6.08 Å². The van der Waals surface area contributed by atoms with Gasteiger partial charge in [-0.3, -0.25) is 14.4 Å². The quantitative estimate of drug-likeness (QED) is 0.103. The summed E-state index contributed by atoms with van der Waals surface area (Å²) in [7, 11) is 0. The summed E-state index contributed by atoms with van der Waals surface area (Å²) in [6.45, 7) is 1.72. The lowest BCUT2D eigenvalue weighted by Crippen LogP contribution is -2.30. The number of benzene rings is 4. The number of carbonyl (C=O) groups is 4. The fraction of sp³-hybridized carbons (Fsp3) is 0.0625. The molecule has 3 amide bonds. The van der Waals surface area contributed by atoms with Crippen molar-refractivity contribution in [2.45, 2.75) is 17.1 Å². The second-order valence-electron chi connectivity index (χ2n) is 9.16. The van der Waals surface area contributed by atoms with Crippen molar-refractivity contribution in [3.05, 3.63) is 129 Å². The first-order chi connectivity index (χ1) is 20.6. The zero-order valence-corrected chi connectivity index (χ0v) is 25.8. The zero-order valence-electron chi connectivity index (χ0n) is 22.6. The highest BCUT2D eigenvalue weighted by molar-refractivity contribution is 9.10. The van der Waals surface area contributed by atoms with Gasteiger partial charge in [-0.25, -0.2) is 4.79 Å². The molecule has 4 aromatic carbocycles. The molecule has 43 heavy (non-hydrogen) atoms. The Morgan fingerprint density at radius 2 is 1.56 bits per heavy atom. The average Bonchev–Trinajstić information content (AvgIpc) is 2.99. The van der Waals surface area contributed by atoms with E-state index in [0.29, 0.717) is 22.5 Å². The van der Waals surface area contributed by atoms with E-state index >= 15 is 0 Å². The van der Waals surface area contributed by atoms with Gasteiger partial charge in [-0.15, -0.1) is 11.8 Å². The Hall–Kier alpha value is -4.38. The molecule has 218 valence electrons. The van der Waals surface area contributed by atoms with Gasteiger partial charge in [0.05, 0.1) is 15.8 Å². The average molecular weight is 679 g/mol. The second-order valence-corrected chi connectivity index (χ2v) is 11.9. The van der Waals surface area contributed by atoms with E-state index in [1.807, 2.05) is 24.3 Å². The standard InChI is InChI=1S/C32H25BrClN3O5S/c1-19(29(38)36-24-12-15-27(34)26(18-24)32(41)42)43-25-13-10-23(11-14-25)35-31(40)28(17-20-6-5-9-22(33)16-20)37-30(39)21-7-3-2-4-8-21/h2-19H,1H3,(H,35,40)(H,36,38)(H,37,39)(H,41,42)/b28-17-. The molecule has 0 fully saturated rings. The molecular formula is C32H25BrClN3O5S. The Labute approximate surface area is 265 Å². The molecule has 1 atom stereocenters. The molecule has 4 aromatic rings. The van der Waals surface area contributed by atoms with Gasteiger partial charge in [-0.1, -0.05) is 57.9 Å². The van der Waals surface area contributed by atoms with E-state index in [-0.39, 0.29) is 22.2 Å². The molecule has 4 N–H and O–H groups in total. The van der Waals surface area contributed by atoms with Crippen molar-refractivity contribution in [2.24, 2.45) is 0 Å². The van der Waals surface area contributed by atoms with Crippen LogP contribution in [0.5, 0.6) is 0 Å². The van der Waals surface area contributed by atoms with Gasteiger partial charge in [0.25, 0.3) is 11.8 Å². The SMILES string of the molecule is CC(Sc1ccc(NC(=O)/C(=C/c2cccc(Br)c2)NC(=O)c2ccccc2)cc1)C(=O)Nc1ccc(Cl)c(C(=O)O)c1. The van der Waals surface area contributed by atoms with E-state index < -0.39 is 23.0 Å². The van der Waals surface area contributed by atoms with E-state index in [1.165, 1.54) is 30.0 Å². The molecular weight excluding hydrogens is 654 g/mol. The van der Waals surface area contributed by atoms with Crippen molar-refractivity contribution in [3.8, 4) is 0 Å². The summed E-state index contributed by atoms with van der Waals surface area (Å²) >= 11 is 10.6. The Morgan fingerprint density at radius 3 is 2.23 bits per heavy atom. The molecule has 0 radical (unpaired) electrons. The summed E-state index contributed by atoms with van der Waals surface area (Å²) in [6.07, 6.45) is 1.59. The van der Waals surface area contributed by atoms with E-state index in [0.717, 1.165) is 9.37 Å². The molecule has 8 nitrogen and oxygen atoms in total. The fourth-order valence-electron chi connectivity index (χ4n) is 3.79. The lowest BCUT2D eigenvalue weighted by Gasteiger charge is -2.14. The van der Waals surface area contributed by atoms with Crippen LogP contribution in [0.4, 0.5) is 11.4 Å². The molecule has 0 bridgehead atoms. The molecule has 0 aliphatic carbocycles. The maximum absolute atomic E-state index is 13.3. The summed E-state index contributed by atoms with van der Waals surface area (Å²) in [6, 6.07) is 27.1. The van der Waals surface area contributed by atoms with Gasteiger partial charge >= 0.3 is 5.97 Å². The maximum atomic E-state index is 13.3. The predicted molar refractivity (Wildman–Crippen MR) is 173 cm³/mol. The lowest BCUT2D eigenvalue weighted by molar-refractivity contribution is -0.115. The number of carboxylic acids is 1. The highest BCUT2D eigenvalue weighted by Gasteiger charge is 2.18. The van der Waals surface area contributed by atoms with Gasteiger partial charge in [-0.05, 0) is 85.3 Å². The number of amides is 3. The van der Waals surface area contributed by atoms with Crippen LogP contribution in [0.2, 0.25) is 5.02 Å². The number of hydrogen-bond acceptors (Lipinski definition) is 5. The number of aromatic carboxylic acids is 1. The number of anilines is 2. The third kappa shape index (κ3) is 9.05. The predicted octanol–water partition coefficient (Wildman–Crippen LogP) is 7.33. The summed E-state index contributed by atoms with van der Waals surface area (Å²) < 4.78 is 0.824. The number of rotatable bonds is 10. The number of carbonyl (C=O) groups excluding carboxylic acids is 3. The van der Waals surface area contributed by atoms with E-state index in [4.69, 9.17) is 11.6 Å². The molecule has 0 aliphatic rings. The van der Waals surface area contributed by atoms with Crippen molar-refractivity contribution >= 4 is 80.4 Å². The highest BCUT2D eigenvalue weighted by Crippen LogP contribution is 2.27. The summed E-state index contributed by atoms with van der Waals surface area (Å²) in [4.78, 5) is 50.9. The van der Waals surface area contributed by atoms with Crippen LogP contribution in [0.15, 0.2) is 112 Å². The summed E-state index contributed by atoms with van der Waals surface area (Å²) in [5.74, 6) is -2.45. The third-order valence-corrected chi connectivity index (χ3v) is 7.88. The van der Waals surface area contributed by atoms with E-state index in [9.17, 15) is 24.3 Å². The topological polar surface area (TPSA) is 125 Å². The van der Waals surface area contributed by atoms with Crippen molar-refractivity contribution in [3.63, 3.8) is 0 Å². The minimum atomic E-state index is -1.19. The van der Waals surface area contributed by atoms with Crippen LogP contribution < -0.4 is 16.0 Å². The Bertz CT molecular complexity index is 1700. The van der Waals surface area contributed by atoms with E-state index in [2.05, 4.69) is 31.9 Å². The van der Waals surface area contributed by atoms with Crippen LogP contribution in [0.1, 0.15) is 33.2 Å². The molecule has 11 heteroatoms. The number of halogens is 2. The first-order valence-corrected chi connectivity index (χ1v) is 14.9. The lowest BCUT2D eigenvalue weighted by atomic mass is 10.1. The van der Waals surface area contributed by atoms with Crippen LogP contribution in [-0.4, -0.2) is 34.0 Å². The number of carboxylic acid groups (broad SMARTS) is 1. The third-order valence-electron chi connectivity index (χ3n) is 5.95. The van der Waals surface area contributed by atoms with Crippen LogP contribution >= 0.6 is 39.3 Å². The molecule has 0 saturated carbocycles. The smallest absolute Gasteiger partial charge is 0.337 e. The molecule has 0 saturated heterocycles. The van der Waals surface area contributed by atoms with Gasteiger partial charge in [0, 0.05) is 26.3 Å². The van der Waals surface area contributed by atoms with Crippen LogP contribution in [0, 0.1) is 0 Å². The van der Waals surface area contributed by atoms with Crippen molar-refractivity contribution in [2.75, 3.05) is 10.6 Å². The zero-order chi connectivity index (χ0) is 30.9. The Balaban J connectivity index is 1.42. The molecule has 1 unspecified atom stereocenters. The van der Waals surface area contributed by atoms with Gasteiger partial charge in [-0.2, -0.15) is 0 Å². The minimum Gasteiger partial charge on any atom is -0.478 e. The second kappa shape index (κ2) is 14.7. The fourth-order valence-corrected chi connectivity index (χ4v) is 5.27. The maximum Gasteiger partial charge on any atom is 0.337 e. The van der Waals surface area contributed by atoms with Crippen LogP contribution in [0.3, 0.4) is 0 Å². The van der Waals surface area contributed by atoms with Gasteiger partial charge < -0.3 is 21.1 Å². The number of nitrogens with one attached hydrogen (secondary N) is 3. The van der Waals surface area contributed by atoms with Crippen LogP contribution in [-0.2, 0) is 9.59 Å². The van der Waals surface area contributed by atoms with Gasteiger partial charge in [0.1, 0.15) is 5.70 Å². The van der Waals surface area contributed by atoms with Crippen molar-refractivity contribution in [1.29, 1.82) is 0 Å². The Kier molecular flexibility index (Phi) is 10.8. The molecule has 0 spiro atoms. The van der Waals surface area contributed by atoms with Crippen molar-refractivity contribution < 1.29 is 24.3 Å².